The minimum Gasteiger partial charge on any atom is -0.493 e. The van der Waals surface area contributed by atoms with Crippen molar-refractivity contribution in [1.82, 2.24) is 14.5 Å². The lowest BCUT2D eigenvalue weighted by Gasteiger charge is -2.34. The molecule has 2 amide bonds. The molecule has 1 saturated heterocycles. The van der Waals surface area contributed by atoms with Gasteiger partial charge in [0, 0.05) is 32.2 Å². The normalized spacial score (nSPS) is 20.7. The third kappa shape index (κ3) is 4.47. The van der Waals surface area contributed by atoms with Crippen molar-refractivity contribution in [2.45, 2.75) is 31.8 Å². The molecule has 150 valence electrons. The third-order valence-electron chi connectivity index (χ3n) is 5.19. The zero-order valence-corrected chi connectivity index (χ0v) is 16.8. The van der Waals surface area contributed by atoms with Crippen molar-refractivity contribution in [3.8, 4) is 11.5 Å². The van der Waals surface area contributed by atoms with Crippen LogP contribution >= 0.6 is 0 Å². The van der Waals surface area contributed by atoms with Crippen LogP contribution in [0.4, 0.5) is 4.79 Å². The van der Waals surface area contributed by atoms with Gasteiger partial charge in [0.1, 0.15) is 0 Å². The summed E-state index contributed by atoms with van der Waals surface area (Å²) in [5.74, 6) is 1.34. The minimum atomic E-state index is -3.23. The molecular formula is C18H27N3O5S. The van der Waals surface area contributed by atoms with Crippen LogP contribution in [0.1, 0.15) is 24.0 Å². The van der Waals surface area contributed by atoms with Crippen LogP contribution in [0.3, 0.4) is 0 Å². The summed E-state index contributed by atoms with van der Waals surface area (Å²) in [5, 5.41) is 3.00. The zero-order chi connectivity index (χ0) is 19.6. The van der Waals surface area contributed by atoms with Gasteiger partial charge >= 0.3 is 6.03 Å². The summed E-state index contributed by atoms with van der Waals surface area (Å²) in [5.41, 5.74) is 2.19. The molecule has 0 saturated carbocycles. The molecule has 2 aliphatic heterocycles. The number of piperidine rings is 1. The van der Waals surface area contributed by atoms with Gasteiger partial charge in [0.05, 0.1) is 20.5 Å². The van der Waals surface area contributed by atoms with Crippen LogP contribution in [-0.4, -0.2) is 69.8 Å². The average molecular weight is 397 g/mol. The van der Waals surface area contributed by atoms with Gasteiger partial charge in [0.15, 0.2) is 11.5 Å². The average Bonchev–Trinajstić information content (AvgIpc) is 2.65. The maximum absolute atomic E-state index is 12.7. The lowest BCUT2D eigenvalue weighted by atomic mass is 9.99. The van der Waals surface area contributed by atoms with Crippen molar-refractivity contribution < 1.29 is 22.7 Å². The van der Waals surface area contributed by atoms with Crippen LogP contribution in [0.2, 0.25) is 0 Å². The zero-order valence-electron chi connectivity index (χ0n) is 16.0. The second-order valence-corrected chi connectivity index (χ2v) is 9.04. The van der Waals surface area contributed by atoms with E-state index >= 15 is 0 Å². The molecule has 27 heavy (non-hydrogen) atoms. The van der Waals surface area contributed by atoms with E-state index < -0.39 is 10.0 Å². The van der Waals surface area contributed by atoms with E-state index in [-0.39, 0.29) is 12.1 Å². The molecule has 1 atom stereocenters. The van der Waals surface area contributed by atoms with Gasteiger partial charge in [-0.3, -0.25) is 0 Å². The Morgan fingerprint density at radius 3 is 2.44 bits per heavy atom. The van der Waals surface area contributed by atoms with E-state index in [0.717, 1.165) is 30.4 Å². The number of carbonyl (C=O) groups is 1. The molecule has 2 heterocycles. The summed E-state index contributed by atoms with van der Waals surface area (Å²) in [6.07, 6.45) is 3.48. The Kier molecular flexibility index (Phi) is 5.81. The van der Waals surface area contributed by atoms with Crippen LogP contribution in [0.15, 0.2) is 12.1 Å². The maximum Gasteiger partial charge on any atom is 0.317 e. The molecule has 1 fully saturated rings. The molecule has 0 aliphatic carbocycles. The van der Waals surface area contributed by atoms with Gasteiger partial charge in [-0.15, -0.1) is 0 Å². The molecule has 0 spiro atoms. The van der Waals surface area contributed by atoms with E-state index in [0.29, 0.717) is 37.7 Å². The standard InChI is InChI=1S/C18H27N3O5S/c1-25-16-9-13-6-8-20(11-14(13)10-17(16)26-2)18(22)19-15-5-4-7-21(12-15)27(3,23)24/h9-10,15H,4-8,11-12H2,1-3H3,(H,19,22). The van der Waals surface area contributed by atoms with E-state index in [2.05, 4.69) is 5.32 Å². The molecule has 0 aromatic heterocycles. The fourth-order valence-electron chi connectivity index (χ4n) is 3.68. The Labute approximate surface area is 160 Å². The summed E-state index contributed by atoms with van der Waals surface area (Å²) in [6, 6.07) is 3.57. The molecule has 2 aliphatic rings. The van der Waals surface area contributed by atoms with Gasteiger partial charge in [-0.2, -0.15) is 0 Å². The molecule has 1 aromatic rings. The molecule has 0 bridgehead atoms. The highest BCUT2D eigenvalue weighted by molar-refractivity contribution is 7.88. The van der Waals surface area contributed by atoms with Crippen LogP contribution < -0.4 is 14.8 Å². The van der Waals surface area contributed by atoms with Crippen LogP contribution in [0.25, 0.3) is 0 Å². The number of hydrogen-bond donors (Lipinski definition) is 1. The number of nitrogens with one attached hydrogen (secondary N) is 1. The van der Waals surface area contributed by atoms with E-state index in [1.165, 1.54) is 10.6 Å². The number of methoxy groups -OCH3 is 2. The number of amides is 2. The molecule has 9 heteroatoms. The second-order valence-electron chi connectivity index (χ2n) is 7.06. The maximum atomic E-state index is 12.7. The highest BCUT2D eigenvalue weighted by Gasteiger charge is 2.29. The summed E-state index contributed by atoms with van der Waals surface area (Å²) in [6.45, 7) is 1.95. The number of carbonyl (C=O) groups excluding carboxylic acids is 1. The highest BCUT2D eigenvalue weighted by atomic mass is 32.2. The van der Waals surface area contributed by atoms with Gasteiger partial charge in [-0.25, -0.2) is 17.5 Å². The number of benzene rings is 1. The Hall–Kier alpha value is -2.00. The topological polar surface area (TPSA) is 88.2 Å². The van der Waals surface area contributed by atoms with Crippen molar-refractivity contribution in [1.29, 1.82) is 0 Å². The SMILES string of the molecule is COc1cc2c(cc1OC)CN(C(=O)NC1CCCN(S(C)(=O)=O)C1)CC2. The largest absolute Gasteiger partial charge is 0.493 e. The first-order chi connectivity index (χ1) is 12.8. The molecule has 8 nitrogen and oxygen atoms in total. The molecule has 1 unspecified atom stereocenters. The van der Waals surface area contributed by atoms with Crippen molar-refractivity contribution in [2.24, 2.45) is 0 Å². The van der Waals surface area contributed by atoms with E-state index in [1.54, 1.807) is 19.1 Å². The Balaban J connectivity index is 1.65. The first-order valence-electron chi connectivity index (χ1n) is 9.06. The van der Waals surface area contributed by atoms with Crippen molar-refractivity contribution in [3.05, 3.63) is 23.3 Å². The Morgan fingerprint density at radius 1 is 1.15 bits per heavy atom. The van der Waals surface area contributed by atoms with E-state index in [4.69, 9.17) is 9.47 Å². The summed E-state index contributed by atoms with van der Waals surface area (Å²) >= 11 is 0. The highest BCUT2D eigenvalue weighted by Crippen LogP contribution is 2.33. The number of rotatable bonds is 4. The van der Waals surface area contributed by atoms with Gasteiger partial charge in [-0.1, -0.05) is 0 Å². The summed E-state index contributed by atoms with van der Waals surface area (Å²) < 4.78 is 35.6. The Bertz CT molecular complexity index is 811. The van der Waals surface area contributed by atoms with Gasteiger partial charge in [0.25, 0.3) is 0 Å². The van der Waals surface area contributed by atoms with Crippen LogP contribution in [-0.2, 0) is 23.0 Å². The van der Waals surface area contributed by atoms with Crippen molar-refractivity contribution >= 4 is 16.1 Å². The quantitative estimate of drug-likeness (QED) is 0.825. The van der Waals surface area contributed by atoms with E-state index in [1.807, 2.05) is 12.1 Å². The molecule has 1 N–H and O–H groups in total. The number of ether oxygens (including phenoxy) is 2. The second kappa shape index (κ2) is 7.93. The van der Waals surface area contributed by atoms with Crippen LogP contribution in [0.5, 0.6) is 11.5 Å². The molecule has 1 aromatic carbocycles. The third-order valence-corrected chi connectivity index (χ3v) is 6.46. The van der Waals surface area contributed by atoms with Crippen molar-refractivity contribution in [3.63, 3.8) is 0 Å². The summed E-state index contributed by atoms with van der Waals surface area (Å²) in [4.78, 5) is 14.5. The van der Waals surface area contributed by atoms with Crippen LogP contribution in [0, 0.1) is 0 Å². The van der Waals surface area contributed by atoms with Gasteiger partial charge in [-0.05, 0) is 42.5 Å². The first-order valence-corrected chi connectivity index (χ1v) is 10.9. The minimum absolute atomic E-state index is 0.157. The number of urea groups is 1. The first kappa shape index (κ1) is 19.8. The molecular weight excluding hydrogens is 370 g/mol. The number of sulfonamides is 1. The smallest absolute Gasteiger partial charge is 0.317 e. The summed E-state index contributed by atoms with van der Waals surface area (Å²) in [7, 11) is -0.0318. The lowest BCUT2D eigenvalue weighted by Crippen LogP contribution is -2.53. The lowest BCUT2D eigenvalue weighted by molar-refractivity contribution is 0.181. The van der Waals surface area contributed by atoms with Gasteiger partial charge < -0.3 is 19.7 Å². The fourth-order valence-corrected chi connectivity index (χ4v) is 4.60. The number of hydrogen-bond acceptors (Lipinski definition) is 5. The molecule has 0 radical (unpaired) electrons. The van der Waals surface area contributed by atoms with Crippen molar-refractivity contribution in [2.75, 3.05) is 40.1 Å². The Morgan fingerprint density at radius 2 is 1.81 bits per heavy atom. The number of fused-ring (bicyclic) bond motifs is 1. The predicted molar refractivity (Wildman–Crippen MR) is 102 cm³/mol. The van der Waals surface area contributed by atoms with E-state index in [9.17, 15) is 13.2 Å². The van der Waals surface area contributed by atoms with Gasteiger partial charge in [0.2, 0.25) is 10.0 Å². The monoisotopic (exact) mass is 397 g/mol. The fraction of sp³-hybridized carbons (Fsp3) is 0.611. The predicted octanol–water partition coefficient (Wildman–Crippen LogP) is 1.20. The number of nitrogens with zero attached hydrogens (tertiary/aromatic N) is 2. The molecule has 3 rings (SSSR count).